The number of aryl methyl sites for hydroxylation is 1. The minimum Gasteiger partial charge on any atom is -0.294 e. The predicted octanol–water partition coefficient (Wildman–Crippen LogP) is 1.42. The van der Waals surface area contributed by atoms with E-state index in [0.717, 1.165) is 11.3 Å². The average molecular weight is 342 g/mol. The van der Waals surface area contributed by atoms with Gasteiger partial charge in [0.1, 0.15) is 0 Å². The molecule has 3 rings (SSSR count). The lowest BCUT2D eigenvalue weighted by Crippen LogP contribution is -2.40. The summed E-state index contributed by atoms with van der Waals surface area (Å²) in [7, 11) is 1.62. The smallest absolute Gasteiger partial charge is 0.294 e. The first kappa shape index (κ1) is 16.9. The number of fused-ring (bicyclic) bond motifs is 3. The van der Waals surface area contributed by atoms with Crippen LogP contribution in [0.3, 0.4) is 0 Å². The zero-order chi connectivity index (χ0) is 18.5. The molecule has 1 atom stereocenters. The summed E-state index contributed by atoms with van der Waals surface area (Å²) in [6.07, 6.45) is 1.72. The Balaban J connectivity index is 2.42. The van der Waals surface area contributed by atoms with Crippen LogP contribution in [-0.2, 0) is 13.6 Å². The molecule has 0 radical (unpaired) electrons. The van der Waals surface area contributed by atoms with E-state index in [9.17, 15) is 9.59 Å². The van der Waals surface area contributed by atoms with E-state index in [1.165, 1.54) is 9.13 Å². The molecule has 0 fully saturated rings. The molecule has 3 heterocycles. The highest BCUT2D eigenvalue weighted by Crippen LogP contribution is 2.29. The standard InChI is InChI=1S/C17H22N6O2/c1-7-8-22-16-18-14-13(23(16)12(5)11(4)19-22)15(24)21(9-10(2)3)17(25)20(14)6/h7,12H,1-2,8-9H2,3-6H3/t12-/m0/s1. The molecule has 8 nitrogen and oxygen atoms in total. The molecule has 132 valence electrons. The minimum absolute atomic E-state index is 0.135. The van der Waals surface area contributed by atoms with Crippen molar-refractivity contribution in [2.45, 2.75) is 33.4 Å². The van der Waals surface area contributed by atoms with Crippen molar-refractivity contribution < 1.29 is 0 Å². The molecule has 0 aliphatic carbocycles. The summed E-state index contributed by atoms with van der Waals surface area (Å²) >= 11 is 0. The molecule has 8 heteroatoms. The zero-order valence-corrected chi connectivity index (χ0v) is 15.0. The van der Waals surface area contributed by atoms with Crippen molar-refractivity contribution in [3.63, 3.8) is 0 Å². The molecule has 0 N–H and O–H groups in total. The molecule has 2 aromatic rings. The summed E-state index contributed by atoms with van der Waals surface area (Å²) in [5.41, 5.74) is 1.57. The second kappa shape index (κ2) is 5.87. The van der Waals surface area contributed by atoms with Crippen LogP contribution < -0.4 is 16.3 Å². The van der Waals surface area contributed by atoms with Gasteiger partial charge in [-0.3, -0.25) is 18.5 Å². The van der Waals surface area contributed by atoms with E-state index in [-0.39, 0.29) is 18.1 Å². The summed E-state index contributed by atoms with van der Waals surface area (Å²) in [6, 6.07) is -0.135. The van der Waals surface area contributed by atoms with Gasteiger partial charge in [0, 0.05) is 7.05 Å². The van der Waals surface area contributed by atoms with Gasteiger partial charge in [0.25, 0.3) is 5.56 Å². The van der Waals surface area contributed by atoms with Gasteiger partial charge in [-0.1, -0.05) is 18.2 Å². The summed E-state index contributed by atoms with van der Waals surface area (Å²) in [6.45, 7) is 13.8. The van der Waals surface area contributed by atoms with Crippen LogP contribution in [-0.4, -0.2) is 30.9 Å². The van der Waals surface area contributed by atoms with Gasteiger partial charge in [0.15, 0.2) is 11.2 Å². The molecule has 0 amide bonds. The second-order valence-electron chi connectivity index (χ2n) is 6.43. The Morgan fingerprint density at radius 2 is 2.04 bits per heavy atom. The van der Waals surface area contributed by atoms with E-state index in [1.54, 1.807) is 25.1 Å². The Bertz CT molecular complexity index is 1040. The van der Waals surface area contributed by atoms with Crippen molar-refractivity contribution in [2.24, 2.45) is 12.1 Å². The second-order valence-corrected chi connectivity index (χ2v) is 6.43. The predicted molar refractivity (Wildman–Crippen MR) is 99.4 cm³/mol. The number of hydrazone groups is 1. The van der Waals surface area contributed by atoms with Crippen LogP contribution in [0, 0.1) is 0 Å². The number of rotatable bonds is 4. The quantitative estimate of drug-likeness (QED) is 0.787. The van der Waals surface area contributed by atoms with E-state index < -0.39 is 5.69 Å². The van der Waals surface area contributed by atoms with Gasteiger partial charge >= 0.3 is 5.69 Å². The third kappa shape index (κ3) is 2.45. The summed E-state index contributed by atoms with van der Waals surface area (Å²) in [5, 5.41) is 6.22. The Hall–Kier alpha value is -2.90. The fraction of sp³-hybridized carbons (Fsp3) is 0.412. The van der Waals surface area contributed by atoms with E-state index in [2.05, 4.69) is 23.2 Å². The first-order chi connectivity index (χ1) is 11.8. The molecule has 1 aliphatic heterocycles. The SMILES string of the molecule is C=CCN1N=C(C)[C@H](C)n2c1nc1c2c(=O)n(CC(=C)C)c(=O)n1C. The van der Waals surface area contributed by atoms with Gasteiger partial charge in [-0.2, -0.15) is 10.1 Å². The lowest BCUT2D eigenvalue weighted by atomic mass is 10.2. The highest BCUT2D eigenvalue weighted by atomic mass is 16.2. The summed E-state index contributed by atoms with van der Waals surface area (Å²) < 4.78 is 4.45. The van der Waals surface area contributed by atoms with Crippen LogP contribution >= 0.6 is 0 Å². The normalized spacial score (nSPS) is 16.7. The van der Waals surface area contributed by atoms with Gasteiger partial charge < -0.3 is 0 Å². The number of aromatic nitrogens is 4. The summed E-state index contributed by atoms with van der Waals surface area (Å²) in [5.74, 6) is 0.535. The van der Waals surface area contributed by atoms with Crippen molar-refractivity contribution in [2.75, 3.05) is 11.6 Å². The molecule has 0 saturated heterocycles. The molecule has 0 spiro atoms. The monoisotopic (exact) mass is 342 g/mol. The summed E-state index contributed by atoms with van der Waals surface area (Å²) in [4.78, 5) is 30.2. The molecule has 0 unspecified atom stereocenters. The molecule has 25 heavy (non-hydrogen) atoms. The molecular formula is C17H22N6O2. The molecule has 0 bridgehead atoms. The minimum atomic E-state index is -0.406. The van der Waals surface area contributed by atoms with Crippen molar-refractivity contribution >= 4 is 22.8 Å². The van der Waals surface area contributed by atoms with E-state index in [4.69, 9.17) is 0 Å². The fourth-order valence-electron chi connectivity index (χ4n) is 3.04. The maximum absolute atomic E-state index is 13.1. The van der Waals surface area contributed by atoms with Crippen LogP contribution in [0.1, 0.15) is 26.8 Å². The molecule has 0 aromatic carbocycles. The van der Waals surface area contributed by atoms with Crippen molar-refractivity contribution in [1.29, 1.82) is 0 Å². The molecule has 2 aromatic heterocycles. The third-order valence-corrected chi connectivity index (χ3v) is 4.39. The number of imidazole rings is 1. The van der Waals surface area contributed by atoms with E-state index >= 15 is 0 Å². The average Bonchev–Trinajstić information content (AvgIpc) is 2.95. The Labute approximate surface area is 145 Å². The van der Waals surface area contributed by atoms with Crippen molar-refractivity contribution in [3.8, 4) is 0 Å². The van der Waals surface area contributed by atoms with Gasteiger partial charge in [-0.15, -0.1) is 6.58 Å². The highest BCUT2D eigenvalue weighted by molar-refractivity contribution is 5.91. The number of allylic oxidation sites excluding steroid dienone is 1. The van der Waals surface area contributed by atoms with Gasteiger partial charge in [0.05, 0.1) is 24.8 Å². The fourth-order valence-corrected chi connectivity index (χ4v) is 3.04. The van der Waals surface area contributed by atoms with Gasteiger partial charge in [-0.05, 0) is 20.8 Å². The first-order valence-corrected chi connectivity index (χ1v) is 8.07. The topological polar surface area (TPSA) is 77.4 Å². The lowest BCUT2D eigenvalue weighted by molar-refractivity contribution is 0.631. The number of nitrogens with zero attached hydrogens (tertiary/aromatic N) is 6. The maximum atomic E-state index is 13.1. The van der Waals surface area contributed by atoms with Crippen molar-refractivity contribution in [1.82, 2.24) is 18.7 Å². The van der Waals surface area contributed by atoms with Gasteiger partial charge in [-0.25, -0.2) is 9.80 Å². The molecule has 0 saturated carbocycles. The third-order valence-electron chi connectivity index (χ3n) is 4.39. The van der Waals surface area contributed by atoms with Crippen molar-refractivity contribution in [3.05, 3.63) is 45.6 Å². The van der Waals surface area contributed by atoms with Crippen LogP contribution in [0.25, 0.3) is 11.2 Å². The van der Waals surface area contributed by atoms with Crippen LogP contribution in [0.2, 0.25) is 0 Å². The molecular weight excluding hydrogens is 320 g/mol. The first-order valence-electron chi connectivity index (χ1n) is 8.07. The number of anilines is 1. The Morgan fingerprint density at radius 3 is 2.64 bits per heavy atom. The number of hydrogen-bond donors (Lipinski definition) is 0. The van der Waals surface area contributed by atoms with E-state index in [1.807, 2.05) is 18.4 Å². The van der Waals surface area contributed by atoms with Crippen LogP contribution in [0.4, 0.5) is 5.95 Å². The Kier molecular flexibility index (Phi) is 3.98. The van der Waals surface area contributed by atoms with Crippen LogP contribution in [0.5, 0.6) is 0 Å². The van der Waals surface area contributed by atoms with Crippen LogP contribution in [0.15, 0.2) is 39.5 Å². The van der Waals surface area contributed by atoms with Gasteiger partial charge in [0.2, 0.25) is 5.95 Å². The highest BCUT2D eigenvalue weighted by Gasteiger charge is 2.30. The van der Waals surface area contributed by atoms with E-state index in [0.29, 0.717) is 23.7 Å². The largest absolute Gasteiger partial charge is 0.332 e. The number of hydrogen-bond acceptors (Lipinski definition) is 5. The lowest BCUT2D eigenvalue weighted by Gasteiger charge is -2.28. The Morgan fingerprint density at radius 1 is 1.36 bits per heavy atom. The molecule has 1 aliphatic rings. The maximum Gasteiger partial charge on any atom is 0.332 e. The zero-order valence-electron chi connectivity index (χ0n) is 15.0.